The van der Waals surface area contributed by atoms with E-state index in [1.165, 1.54) is 19.3 Å². The Kier molecular flexibility index (Phi) is 4.14. The smallest absolute Gasteiger partial charge is 0.323 e. The van der Waals surface area contributed by atoms with E-state index in [4.69, 9.17) is 4.74 Å². The molecule has 0 aromatic rings. The summed E-state index contributed by atoms with van der Waals surface area (Å²) in [5, 5.41) is 0. The summed E-state index contributed by atoms with van der Waals surface area (Å²) in [7, 11) is 0. The van der Waals surface area contributed by atoms with E-state index in [1.807, 2.05) is 27.7 Å². The number of likely N-dealkylation sites (tertiary alicyclic amines) is 1. The Morgan fingerprint density at radius 3 is 2.20 bits per heavy atom. The van der Waals surface area contributed by atoms with Gasteiger partial charge in [-0.25, -0.2) is 0 Å². The monoisotopic (exact) mass is 213 g/mol. The van der Waals surface area contributed by atoms with Crippen molar-refractivity contribution in [2.45, 2.75) is 58.6 Å². The molecule has 1 rings (SSSR count). The Morgan fingerprint density at radius 2 is 1.73 bits per heavy atom. The molecule has 0 aromatic carbocycles. The Bertz CT molecular complexity index is 214. The molecule has 1 atom stereocenters. The van der Waals surface area contributed by atoms with Crippen LogP contribution >= 0.6 is 0 Å². The SMILES string of the molecule is CC(C(=O)OC(C)(C)C)N1CCCCC1. The van der Waals surface area contributed by atoms with Crippen LogP contribution in [0.15, 0.2) is 0 Å². The summed E-state index contributed by atoms with van der Waals surface area (Å²) in [4.78, 5) is 14.0. The lowest BCUT2D eigenvalue weighted by atomic mass is 10.1. The van der Waals surface area contributed by atoms with E-state index in [0.717, 1.165) is 13.1 Å². The molecule has 15 heavy (non-hydrogen) atoms. The van der Waals surface area contributed by atoms with Crippen LogP contribution in [-0.2, 0) is 9.53 Å². The molecule has 1 saturated heterocycles. The molecule has 88 valence electrons. The first-order valence-electron chi connectivity index (χ1n) is 5.87. The molecule has 0 amide bonds. The van der Waals surface area contributed by atoms with Crippen LogP contribution < -0.4 is 0 Å². The minimum Gasteiger partial charge on any atom is -0.459 e. The Labute approximate surface area is 92.8 Å². The third-order valence-electron chi connectivity index (χ3n) is 2.69. The number of esters is 1. The van der Waals surface area contributed by atoms with Gasteiger partial charge in [-0.15, -0.1) is 0 Å². The topological polar surface area (TPSA) is 29.5 Å². The van der Waals surface area contributed by atoms with Crippen LogP contribution in [-0.4, -0.2) is 35.6 Å². The number of piperidine rings is 1. The first-order valence-corrected chi connectivity index (χ1v) is 5.87. The fraction of sp³-hybridized carbons (Fsp3) is 0.917. The summed E-state index contributed by atoms with van der Waals surface area (Å²) in [5.74, 6) is -0.0931. The Balaban J connectivity index is 2.44. The maximum Gasteiger partial charge on any atom is 0.323 e. The molecule has 1 heterocycles. The van der Waals surface area contributed by atoms with Crippen molar-refractivity contribution in [2.75, 3.05) is 13.1 Å². The van der Waals surface area contributed by atoms with Gasteiger partial charge in [0, 0.05) is 0 Å². The van der Waals surface area contributed by atoms with E-state index >= 15 is 0 Å². The molecule has 1 fully saturated rings. The van der Waals surface area contributed by atoms with Crippen molar-refractivity contribution in [2.24, 2.45) is 0 Å². The van der Waals surface area contributed by atoms with Crippen LogP contribution in [0, 0.1) is 0 Å². The lowest BCUT2D eigenvalue weighted by Gasteiger charge is -2.32. The number of carbonyl (C=O) groups excluding carboxylic acids is 1. The van der Waals surface area contributed by atoms with E-state index in [2.05, 4.69) is 4.90 Å². The molecule has 0 radical (unpaired) electrons. The third kappa shape index (κ3) is 4.20. The molecule has 0 aromatic heterocycles. The summed E-state index contributed by atoms with van der Waals surface area (Å²) in [6, 6.07) is -0.0930. The fourth-order valence-electron chi connectivity index (χ4n) is 1.84. The predicted molar refractivity (Wildman–Crippen MR) is 60.7 cm³/mol. The van der Waals surface area contributed by atoms with Crippen molar-refractivity contribution < 1.29 is 9.53 Å². The van der Waals surface area contributed by atoms with E-state index in [0.29, 0.717) is 0 Å². The van der Waals surface area contributed by atoms with Gasteiger partial charge >= 0.3 is 5.97 Å². The molecule has 1 unspecified atom stereocenters. The van der Waals surface area contributed by atoms with Gasteiger partial charge in [0.1, 0.15) is 11.6 Å². The molecule has 0 aliphatic carbocycles. The van der Waals surface area contributed by atoms with Crippen LogP contribution in [0.5, 0.6) is 0 Å². The largest absolute Gasteiger partial charge is 0.459 e. The van der Waals surface area contributed by atoms with Gasteiger partial charge < -0.3 is 4.74 Å². The number of rotatable bonds is 2. The molecule has 1 aliphatic rings. The lowest BCUT2D eigenvalue weighted by Crippen LogP contribution is -2.44. The zero-order valence-electron chi connectivity index (χ0n) is 10.4. The lowest BCUT2D eigenvalue weighted by molar-refractivity contribution is -0.161. The van der Waals surface area contributed by atoms with Gasteiger partial charge in [0.2, 0.25) is 0 Å². The van der Waals surface area contributed by atoms with Gasteiger partial charge in [-0.05, 0) is 53.6 Å². The predicted octanol–water partition coefficient (Wildman–Crippen LogP) is 2.20. The Hall–Kier alpha value is -0.570. The number of carbonyl (C=O) groups is 1. The zero-order valence-corrected chi connectivity index (χ0v) is 10.4. The average Bonchev–Trinajstić information content (AvgIpc) is 2.15. The highest BCUT2D eigenvalue weighted by molar-refractivity contribution is 5.75. The molecule has 0 saturated carbocycles. The summed E-state index contributed by atoms with van der Waals surface area (Å²) >= 11 is 0. The zero-order chi connectivity index (χ0) is 11.5. The first-order chi connectivity index (χ1) is 6.90. The molecule has 0 bridgehead atoms. The number of nitrogens with zero attached hydrogens (tertiary/aromatic N) is 1. The first kappa shape index (κ1) is 12.5. The molecule has 0 spiro atoms. The maximum absolute atomic E-state index is 11.8. The number of ether oxygens (including phenoxy) is 1. The highest BCUT2D eigenvalue weighted by Crippen LogP contribution is 2.15. The second kappa shape index (κ2) is 4.97. The number of hydrogen-bond donors (Lipinski definition) is 0. The fourth-order valence-corrected chi connectivity index (χ4v) is 1.84. The van der Waals surface area contributed by atoms with Crippen molar-refractivity contribution in [1.29, 1.82) is 0 Å². The summed E-state index contributed by atoms with van der Waals surface area (Å²) in [5.41, 5.74) is -0.374. The van der Waals surface area contributed by atoms with Gasteiger partial charge in [0.05, 0.1) is 0 Å². The van der Waals surface area contributed by atoms with E-state index in [1.54, 1.807) is 0 Å². The second-order valence-electron chi connectivity index (χ2n) is 5.31. The molecule has 3 nitrogen and oxygen atoms in total. The summed E-state index contributed by atoms with van der Waals surface area (Å²) in [6.45, 7) is 9.73. The van der Waals surface area contributed by atoms with E-state index in [9.17, 15) is 4.79 Å². The third-order valence-corrected chi connectivity index (χ3v) is 2.69. The summed E-state index contributed by atoms with van der Waals surface area (Å²) in [6.07, 6.45) is 3.69. The molecule has 0 N–H and O–H groups in total. The van der Waals surface area contributed by atoms with Crippen LogP contribution in [0.3, 0.4) is 0 Å². The van der Waals surface area contributed by atoms with Crippen LogP contribution in [0.25, 0.3) is 0 Å². The highest BCUT2D eigenvalue weighted by atomic mass is 16.6. The van der Waals surface area contributed by atoms with Crippen molar-refractivity contribution in [3.63, 3.8) is 0 Å². The van der Waals surface area contributed by atoms with E-state index < -0.39 is 0 Å². The summed E-state index contributed by atoms with van der Waals surface area (Å²) < 4.78 is 5.37. The molecular weight excluding hydrogens is 190 g/mol. The standard InChI is InChI=1S/C12H23NO2/c1-10(11(14)15-12(2,3)4)13-8-6-5-7-9-13/h10H,5-9H2,1-4H3. The minimum atomic E-state index is -0.374. The van der Waals surface area contributed by atoms with Crippen LogP contribution in [0.1, 0.15) is 47.0 Å². The van der Waals surface area contributed by atoms with Crippen LogP contribution in [0.2, 0.25) is 0 Å². The molecule has 1 aliphatic heterocycles. The van der Waals surface area contributed by atoms with Gasteiger partial charge in [-0.1, -0.05) is 6.42 Å². The maximum atomic E-state index is 11.8. The van der Waals surface area contributed by atoms with Crippen LogP contribution in [0.4, 0.5) is 0 Å². The second-order valence-corrected chi connectivity index (χ2v) is 5.31. The van der Waals surface area contributed by atoms with Gasteiger partial charge in [0.15, 0.2) is 0 Å². The van der Waals surface area contributed by atoms with Crippen molar-refractivity contribution in [1.82, 2.24) is 4.90 Å². The quantitative estimate of drug-likeness (QED) is 0.659. The average molecular weight is 213 g/mol. The number of hydrogen-bond acceptors (Lipinski definition) is 3. The highest BCUT2D eigenvalue weighted by Gasteiger charge is 2.27. The van der Waals surface area contributed by atoms with Crippen molar-refractivity contribution >= 4 is 5.97 Å². The Morgan fingerprint density at radius 1 is 1.20 bits per heavy atom. The normalized spacial score (nSPS) is 21.1. The molecule has 3 heteroatoms. The van der Waals surface area contributed by atoms with Gasteiger partial charge in [0.25, 0.3) is 0 Å². The van der Waals surface area contributed by atoms with Gasteiger partial charge in [-0.2, -0.15) is 0 Å². The van der Waals surface area contributed by atoms with Crippen molar-refractivity contribution in [3.8, 4) is 0 Å². The van der Waals surface area contributed by atoms with E-state index in [-0.39, 0.29) is 17.6 Å². The van der Waals surface area contributed by atoms with Gasteiger partial charge in [-0.3, -0.25) is 9.69 Å². The molecular formula is C12H23NO2. The van der Waals surface area contributed by atoms with Crippen molar-refractivity contribution in [3.05, 3.63) is 0 Å². The minimum absolute atomic E-state index is 0.0930.